The Labute approximate surface area is 299 Å². The van der Waals surface area contributed by atoms with Crippen molar-refractivity contribution in [2.75, 3.05) is 4.81 Å². The molecule has 6 aromatic carbocycles. The van der Waals surface area contributed by atoms with Crippen molar-refractivity contribution in [2.24, 2.45) is 0 Å². The molecule has 0 atom stereocenters. The van der Waals surface area contributed by atoms with Crippen LogP contribution in [0.1, 0.15) is 68.4 Å². The van der Waals surface area contributed by atoms with Gasteiger partial charge in [0.05, 0.1) is 11.0 Å². The summed E-state index contributed by atoms with van der Waals surface area (Å²) in [5.41, 5.74) is 20.7. The van der Waals surface area contributed by atoms with Crippen LogP contribution in [-0.2, 0) is 10.8 Å². The van der Waals surface area contributed by atoms with Crippen molar-refractivity contribution in [3.63, 3.8) is 0 Å². The van der Waals surface area contributed by atoms with Gasteiger partial charge in [-0.25, -0.2) is 0 Å². The lowest BCUT2D eigenvalue weighted by molar-refractivity contribution is 0.332. The average Bonchev–Trinajstić information content (AvgIpc) is 3.65. The molecule has 0 spiro atoms. The van der Waals surface area contributed by atoms with Crippen LogP contribution < -0.4 is 15.7 Å². The smallest absolute Gasteiger partial charge is 0.333 e. The molecule has 0 bridgehead atoms. The van der Waals surface area contributed by atoms with Crippen LogP contribution in [0.3, 0.4) is 0 Å². The van der Waals surface area contributed by atoms with Crippen LogP contribution in [0.5, 0.6) is 0 Å². The van der Waals surface area contributed by atoms with Gasteiger partial charge in [0.1, 0.15) is 11.2 Å². The van der Waals surface area contributed by atoms with Gasteiger partial charge < -0.3 is 13.8 Å². The summed E-state index contributed by atoms with van der Waals surface area (Å²) in [5.74, 6) is 0. The van der Waals surface area contributed by atoms with Crippen LogP contribution >= 0.6 is 0 Å². The topological polar surface area (TPSA) is 21.3 Å². The van der Waals surface area contributed by atoms with Crippen LogP contribution in [0.4, 0.5) is 11.4 Å². The number of hydrogen-bond acceptors (Lipinski definition) is 2. The Balaban J connectivity index is 1.35. The van der Waals surface area contributed by atoms with Gasteiger partial charge in [-0.15, -0.1) is 0 Å². The van der Waals surface area contributed by atoms with Gasteiger partial charge in [-0.05, 0) is 120 Å². The summed E-state index contributed by atoms with van der Waals surface area (Å²) in [5, 5.41) is 5.10. The SMILES string of the molecule is Cc1ccc(N2B3c4cc(C)ccc4-n4c5cc6c(cc5c5c(C)cc(c3c54)-c3cc4c(cc32)oc2ccccc24)C(C)(C)CCC6(C)C)cc1. The number of para-hydroxylation sites is 1. The Bertz CT molecular complexity index is 2850. The van der Waals surface area contributed by atoms with Crippen molar-refractivity contribution in [2.45, 2.75) is 72.1 Å². The Morgan fingerprint density at radius 3 is 2.14 bits per heavy atom. The molecule has 3 aliphatic rings. The second-order valence-corrected chi connectivity index (χ2v) is 17.0. The summed E-state index contributed by atoms with van der Waals surface area (Å²) in [6.45, 7) is 16.5. The predicted octanol–water partition coefficient (Wildman–Crippen LogP) is 11.2. The van der Waals surface area contributed by atoms with Gasteiger partial charge >= 0.3 is 6.85 Å². The highest BCUT2D eigenvalue weighted by Gasteiger charge is 2.45. The highest BCUT2D eigenvalue weighted by Crippen LogP contribution is 2.51. The lowest BCUT2D eigenvalue weighted by Crippen LogP contribution is -2.60. The predicted molar refractivity (Wildman–Crippen MR) is 217 cm³/mol. The summed E-state index contributed by atoms with van der Waals surface area (Å²) in [4.78, 5) is 2.61. The van der Waals surface area contributed by atoms with E-state index in [0.29, 0.717) is 0 Å². The van der Waals surface area contributed by atoms with Gasteiger partial charge in [-0.3, -0.25) is 0 Å². The summed E-state index contributed by atoms with van der Waals surface area (Å²) in [6, 6.07) is 37.1. The van der Waals surface area contributed by atoms with Gasteiger partial charge in [-0.1, -0.05) is 87.4 Å². The van der Waals surface area contributed by atoms with Gasteiger partial charge in [0.25, 0.3) is 0 Å². The van der Waals surface area contributed by atoms with Crippen LogP contribution in [0, 0.1) is 20.8 Å². The third kappa shape index (κ3) is 3.75. The van der Waals surface area contributed by atoms with Crippen molar-refractivity contribution in [1.82, 2.24) is 4.57 Å². The van der Waals surface area contributed by atoms with Gasteiger partial charge in [0.2, 0.25) is 0 Å². The van der Waals surface area contributed by atoms with Crippen molar-refractivity contribution >= 4 is 72.9 Å². The highest BCUT2D eigenvalue weighted by atomic mass is 16.3. The molecule has 0 fully saturated rings. The van der Waals surface area contributed by atoms with E-state index < -0.39 is 0 Å². The van der Waals surface area contributed by atoms with Crippen molar-refractivity contribution in [3.8, 4) is 16.8 Å². The molecule has 11 rings (SSSR count). The number of rotatable bonds is 1. The van der Waals surface area contributed by atoms with Crippen molar-refractivity contribution < 1.29 is 4.42 Å². The fourth-order valence-corrected chi connectivity index (χ4v) is 10.1. The molecule has 4 heterocycles. The lowest BCUT2D eigenvalue weighted by atomic mass is 9.43. The molecule has 0 radical (unpaired) electrons. The minimum absolute atomic E-state index is 0.00523. The zero-order valence-electron chi connectivity index (χ0n) is 30.5. The van der Waals surface area contributed by atoms with Crippen LogP contribution in [-0.4, -0.2) is 11.4 Å². The summed E-state index contributed by atoms with van der Waals surface area (Å²) < 4.78 is 9.21. The lowest BCUT2D eigenvalue weighted by Gasteiger charge is -2.42. The molecule has 8 aromatic rings. The Morgan fingerprint density at radius 2 is 1.35 bits per heavy atom. The van der Waals surface area contributed by atoms with Crippen LogP contribution in [0.25, 0.3) is 60.6 Å². The van der Waals surface area contributed by atoms with E-state index in [4.69, 9.17) is 4.42 Å². The normalized spacial score (nSPS) is 16.6. The molecule has 0 N–H and O–H groups in total. The molecule has 51 heavy (non-hydrogen) atoms. The highest BCUT2D eigenvalue weighted by molar-refractivity contribution is 6.93. The number of anilines is 2. The molecule has 2 aromatic heterocycles. The maximum absolute atomic E-state index is 6.56. The van der Waals surface area contributed by atoms with Gasteiger partial charge in [0.15, 0.2) is 0 Å². The van der Waals surface area contributed by atoms with E-state index in [9.17, 15) is 0 Å². The Hall–Kier alpha value is -5.22. The molecule has 0 saturated carbocycles. The van der Waals surface area contributed by atoms with Crippen LogP contribution in [0.15, 0.2) is 101 Å². The third-order valence-electron chi connectivity index (χ3n) is 12.8. The zero-order chi connectivity index (χ0) is 34.7. The molecule has 1 aliphatic carbocycles. The van der Waals surface area contributed by atoms with Gasteiger partial charge in [-0.2, -0.15) is 0 Å². The van der Waals surface area contributed by atoms with Crippen molar-refractivity contribution in [3.05, 3.63) is 125 Å². The van der Waals surface area contributed by atoms with E-state index in [2.05, 4.69) is 155 Å². The maximum atomic E-state index is 6.56. The Kier molecular flexibility index (Phi) is 5.53. The van der Waals surface area contributed by atoms with E-state index in [0.717, 1.165) is 16.6 Å². The number of benzene rings is 6. The number of aryl methyl sites for hydroxylation is 3. The minimum Gasteiger partial charge on any atom is -0.456 e. The first kappa shape index (κ1) is 29.5. The monoisotopic (exact) mass is 660 g/mol. The molecular weight excluding hydrogens is 619 g/mol. The molecule has 3 nitrogen and oxygen atoms in total. The van der Waals surface area contributed by atoms with E-state index in [1.165, 1.54) is 107 Å². The molecule has 0 unspecified atom stereocenters. The maximum Gasteiger partial charge on any atom is 0.333 e. The van der Waals surface area contributed by atoms with E-state index >= 15 is 0 Å². The molecule has 4 heteroatoms. The summed E-state index contributed by atoms with van der Waals surface area (Å²) in [7, 11) is 0. The van der Waals surface area contributed by atoms with E-state index in [1.54, 1.807) is 0 Å². The molecule has 0 amide bonds. The molecule has 2 aliphatic heterocycles. The quantitative estimate of drug-likeness (QED) is 0.163. The fourth-order valence-electron chi connectivity index (χ4n) is 10.1. The first-order chi connectivity index (χ1) is 24.5. The first-order valence-electron chi connectivity index (χ1n) is 18.6. The number of aromatic nitrogens is 1. The fraction of sp³-hybridized carbons (Fsp3) is 0.234. The minimum atomic E-state index is -0.00523. The zero-order valence-corrected chi connectivity index (χ0v) is 30.5. The third-order valence-corrected chi connectivity index (χ3v) is 12.8. The number of hydrogen-bond donors (Lipinski definition) is 0. The number of furan rings is 1. The summed E-state index contributed by atoms with van der Waals surface area (Å²) in [6.07, 6.45) is 2.40. The number of nitrogens with zero attached hydrogens (tertiary/aromatic N) is 2. The molecular formula is C47H41BN2O. The number of fused-ring (bicyclic) bond motifs is 12. The molecule has 0 saturated heterocycles. The second-order valence-electron chi connectivity index (χ2n) is 17.0. The van der Waals surface area contributed by atoms with E-state index in [-0.39, 0.29) is 17.7 Å². The van der Waals surface area contributed by atoms with Crippen LogP contribution in [0.2, 0.25) is 0 Å². The largest absolute Gasteiger partial charge is 0.456 e. The standard InChI is InChI=1S/C47H41BN2O/c1-26-12-15-29(16-13-26)50-40-25-42-32(30-10-8-9-11-41(30)51-42)22-31(40)33-21-28(3)43-34-23-35-36(47(6,7)19-18-46(35,4)5)24-39(34)49-38-17-14-27(2)20-37(38)48(50)44(33)45(43)49/h8-17,20-25H,18-19H2,1-7H3. The average molecular weight is 661 g/mol. The first-order valence-corrected chi connectivity index (χ1v) is 18.6. The summed E-state index contributed by atoms with van der Waals surface area (Å²) >= 11 is 0. The molecule has 248 valence electrons. The van der Waals surface area contributed by atoms with Gasteiger partial charge in [0, 0.05) is 50.2 Å². The van der Waals surface area contributed by atoms with Crippen molar-refractivity contribution in [1.29, 1.82) is 0 Å². The van der Waals surface area contributed by atoms with E-state index in [1.807, 2.05) is 0 Å². The second kappa shape index (κ2) is 9.56. The Morgan fingerprint density at radius 1 is 0.627 bits per heavy atom.